The van der Waals surface area contributed by atoms with Gasteiger partial charge in [0.1, 0.15) is 0 Å². The van der Waals surface area contributed by atoms with Crippen molar-refractivity contribution in [2.45, 2.75) is 31.6 Å². The molecule has 19 heavy (non-hydrogen) atoms. The summed E-state index contributed by atoms with van der Waals surface area (Å²) in [5.41, 5.74) is 6.57. The van der Waals surface area contributed by atoms with E-state index in [0.29, 0.717) is 6.54 Å². The summed E-state index contributed by atoms with van der Waals surface area (Å²) < 4.78 is 2.74. The van der Waals surface area contributed by atoms with Crippen LogP contribution >= 0.6 is 0 Å². The number of aromatic nitrogens is 2. The van der Waals surface area contributed by atoms with E-state index in [9.17, 15) is 9.59 Å². The van der Waals surface area contributed by atoms with Crippen molar-refractivity contribution in [3.63, 3.8) is 0 Å². The van der Waals surface area contributed by atoms with Gasteiger partial charge in [0.15, 0.2) is 0 Å². The minimum Gasteiger partial charge on any atom is -0.330 e. The quantitative estimate of drug-likeness (QED) is 0.796. The maximum Gasteiger partial charge on any atom is 0.330 e. The van der Waals surface area contributed by atoms with E-state index in [4.69, 9.17) is 5.73 Å². The Morgan fingerprint density at radius 1 is 1.16 bits per heavy atom. The summed E-state index contributed by atoms with van der Waals surface area (Å²) >= 11 is 0. The van der Waals surface area contributed by atoms with Gasteiger partial charge in [-0.05, 0) is 25.5 Å². The Bertz CT molecular complexity index is 610. The maximum absolute atomic E-state index is 12.2. The van der Waals surface area contributed by atoms with E-state index in [1.165, 1.54) is 11.6 Å². The van der Waals surface area contributed by atoms with E-state index < -0.39 is 0 Å². The highest BCUT2D eigenvalue weighted by Gasteiger charge is 2.24. The Balaban J connectivity index is 2.27. The number of hydrogen-bond donors (Lipinski definition) is 1. The van der Waals surface area contributed by atoms with Crippen LogP contribution in [0.1, 0.15) is 42.9 Å². The number of unbranched alkanes of at least 4 members (excludes halogenated alkanes) is 2. The number of hydrogen-bond acceptors (Lipinski definition) is 3. The Morgan fingerprint density at radius 3 is 2.58 bits per heavy atom. The van der Waals surface area contributed by atoms with E-state index in [0.717, 1.165) is 36.9 Å². The zero-order chi connectivity index (χ0) is 14.0. The van der Waals surface area contributed by atoms with Crippen LogP contribution in [-0.4, -0.2) is 15.7 Å². The van der Waals surface area contributed by atoms with Gasteiger partial charge in [0.05, 0.1) is 5.69 Å². The first-order valence-corrected chi connectivity index (χ1v) is 6.76. The zero-order valence-electron chi connectivity index (χ0n) is 11.6. The summed E-state index contributed by atoms with van der Waals surface area (Å²) in [4.78, 5) is 24.1. The molecular weight excluding hydrogens is 242 g/mol. The Hall–Kier alpha value is -1.62. The van der Waals surface area contributed by atoms with E-state index in [1.807, 2.05) is 12.2 Å². The van der Waals surface area contributed by atoms with E-state index >= 15 is 0 Å². The molecule has 2 N–H and O–H groups in total. The third kappa shape index (κ3) is 2.42. The van der Waals surface area contributed by atoms with E-state index in [-0.39, 0.29) is 17.2 Å². The fraction of sp³-hybridized carbons (Fsp3) is 0.571. The maximum atomic E-state index is 12.2. The Kier molecular flexibility index (Phi) is 4.04. The number of nitrogens with zero attached hydrogens (tertiary/aromatic N) is 2. The largest absolute Gasteiger partial charge is 0.330 e. The van der Waals surface area contributed by atoms with Gasteiger partial charge < -0.3 is 5.73 Å². The molecule has 0 aromatic carbocycles. The van der Waals surface area contributed by atoms with Gasteiger partial charge in [0, 0.05) is 25.6 Å². The van der Waals surface area contributed by atoms with Crippen molar-refractivity contribution in [1.29, 1.82) is 0 Å². The van der Waals surface area contributed by atoms with Crippen LogP contribution in [0.5, 0.6) is 0 Å². The molecule has 5 heteroatoms. The van der Waals surface area contributed by atoms with Crippen molar-refractivity contribution >= 4 is 6.08 Å². The Morgan fingerprint density at radius 2 is 1.89 bits per heavy atom. The summed E-state index contributed by atoms with van der Waals surface area (Å²) in [6.45, 7) is 0.716. The van der Waals surface area contributed by atoms with Crippen molar-refractivity contribution in [2.75, 3.05) is 6.54 Å². The topological polar surface area (TPSA) is 70.0 Å². The molecule has 0 amide bonds. The molecule has 2 rings (SSSR count). The predicted octanol–water partition coefficient (Wildman–Crippen LogP) is 0.714. The fourth-order valence-electron chi connectivity index (χ4n) is 2.67. The first-order valence-electron chi connectivity index (χ1n) is 6.76. The minimum atomic E-state index is -0.266. The first kappa shape index (κ1) is 13.8. The second kappa shape index (κ2) is 5.57. The van der Waals surface area contributed by atoms with Gasteiger partial charge in [-0.2, -0.15) is 0 Å². The SMILES string of the molecule is Cn1c2c(c(=O)n(C)c1=O)C(CCCCCN)C=C2. The van der Waals surface area contributed by atoms with Gasteiger partial charge in [0.2, 0.25) is 0 Å². The van der Waals surface area contributed by atoms with Gasteiger partial charge in [-0.1, -0.05) is 18.9 Å². The lowest BCUT2D eigenvalue weighted by Gasteiger charge is -2.13. The molecule has 0 saturated carbocycles. The lowest BCUT2D eigenvalue weighted by atomic mass is 9.97. The molecule has 1 atom stereocenters. The molecule has 0 bridgehead atoms. The van der Waals surface area contributed by atoms with Crippen LogP contribution in [0.4, 0.5) is 0 Å². The van der Waals surface area contributed by atoms with Gasteiger partial charge in [-0.25, -0.2) is 4.79 Å². The van der Waals surface area contributed by atoms with Gasteiger partial charge in [-0.3, -0.25) is 13.9 Å². The zero-order valence-corrected chi connectivity index (χ0v) is 11.6. The average molecular weight is 263 g/mol. The second-order valence-electron chi connectivity index (χ2n) is 5.11. The summed E-state index contributed by atoms with van der Waals surface area (Å²) in [5.74, 6) is 0.137. The molecule has 0 aliphatic heterocycles. The highest BCUT2D eigenvalue weighted by atomic mass is 16.2. The van der Waals surface area contributed by atoms with Gasteiger partial charge in [-0.15, -0.1) is 0 Å². The lowest BCUT2D eigenvalue weighted by molar-refractivity contribution is 0.597. The molecule has 0 spiro atoms. The lowest BCUT2D eigenvalue weighted by Crippen LogP contribution is -2.40. The van der Waals surface area contributed by atoms with Crippen LogP contribution in [0.2, 0.25) is 0 Å². The van der Waals surface area contributed by atoms with E-state index in [1.54, 1.807) is 11.6 Å². The molecule has 0 fully saturated rings. The fourth-order valence-corrected chi connectivity index (χ4v) is 2.67. The average Bonchev–Trinajstić information content (AvgIpc) is 2.83. The molecule has 1 aliphatic carbocycles. The molecule has 104 valence electrons. The number of fused-ring (bicyclic) bond motifs is 1. The van der Waals surface area contributed by atoms with Gasteiger partial charge in [0.25, 0.3) is 5.56 Å². The summed E-state index contributed by atoms with van der Waals surface area (Å²) in [5, 5.41) is 0. The van der Waals surface area contributed by atoms with Crippen LogP contribution in [0, 0.1) is 0 Å². The van der Waals surface area contributed by atoms with Crippen LogP contribution in [-0.2, 0) is 14.1 Å². The molecular formula is C14H21N3O2. The Labute approximate surface area is 112 Å². The van der Waals surface area contributed by atoms with Crippen LogP contribution < -0.4 is 17.0 Å². The highest BCUT2D eigenvalue weighted by molar-refractivity contribution is 5.58. The van der Waals surface area contributed by atoms with Crippen molar-refractivity contribution < 1.29 is 0 Å². The van der Waals surface area contributed by atoms with Crippen molar-refractivity contribution in [2.24, 2.45) is 19.8 Å². The van der Waals surface area contributed by atoms with Crippen molar-refractivity contribution in [3.8, 4) is 0 Å². The molecule has 0 radical (unpaired) electrons. The second-order valence-corrected chi connectivity index (χ2v) is 5.11. The molecule has 5 nitrogen and oxygen atoms in total. The summed E-state index contributed by atoms with van der Waals surface area (Å²) in [6.07, 6.45) is 8.03. The monoisotopic (exact) mass is 263 g/mol. The smallest absolute Gasteiger partial charge is 0.330 e. The molecule has 1 unspecified atom stereocenters. The molecule has 1 aromatic rings. The molecule has 1 aliphatic rings. The highest BCUT2D eigenvalue weighted by Crippen LogP contribution is 2.30. The summed E-state index contributed by atoms with van der Waals surface area (Å²) in [7, 11) is 3.25. The third-order valence-electron chi connectivity index (χ3n) is 3.82. The van der Waals surface area contributed by atoms with Crippen LogP contribution in [0.25, 0.3) is 6.08 Å². The normalized spacial score (nSPS) is 16.9. The van der Waals surface area contributed by atoms with Crippen molar-refractivity contribution in [1.82, 2.24) is 9.13 Å². The molecule has 1 heterocycles. The first-order chi connectivity index (χ1) is 9.07. The molecule has 0 saturated heterocycles. The van der Waals surface area contributed by atoms with Crippen molar-refractivity contribution in [3.05, 3.63) is 38.2 Å². The minimum absolute atomic E-state index is 0.137. The third-order valence-corrected chi connectivity index (χ3v) is 3.82. The number of allylic oxidation sites excluding steroid dienone is 1. The van der Waals surface area contributed by atoms with Crippen LogP contribution in [0.15, 0.2) is 15.7 Å². The van der Waals surface area contributed by atoms with E-state index in [2.05, 4.69) is 0 Å². The molecule has 1 aromatic heterocycles. The standard InChI is InChI=1S/C14H21N3O2/c1-16-11-8-7-10(6-4-3-5-9-15)12(11)13(18)17(2)14(16)19/h7-8,10H,3-6,9,15H2,1-2H3. The van der Waals surface area contributed by atoms with Gasteiger partial charge >= 0.3 is 5.69 Å². The summed E-state index contributed by atoms with van der Waals surface area (Å²) in [6, 6.07) is 0. The predicted molar refractivity (Wildman–Crippen MR) is 76.2 cm³/mol. The number of nitrogens with two attached hydrogens (primary N) is 1. The van der Waals surface area contributed by atoms with Crippen LogP contribution in [0.3, 0.4) is 0 Å². The number of rotatable bonds is 5.